The van der Waals surface area contributed by atoms with Crippen LogP contribution in [0.3, 0.4) is 0 Å². The van der Waals surface area contributed by atoms with Gasteiger partial charge < -0.3 is 5.32 Å². The molecule has 1 heterocycles. The van der Waals surface area contributed by atoms with E-state index in [2.05, 4.69) is 36.2 Å². The Morgan fingerprint density at radius 1 is 1.33 bits per heavy atom. The van der Waals surface area contributed by atoms with E-state index < -0.39 is 0 Å². The Hall–Kier alpha value is -1.75. The summed E-state index contributed by atoms with van der Waals surface area (Å²) in [6.45, 7) is 9.03. The molecule has 0 aliphatic heterocycles. The highest BCUT2D eigenvalue weighted by Crippen LogP contribution is 2.23. The van der Waals surface area contributed by atoms with Crippen molar-refractivity contribution in [2.45, 2.75) is 46.2 Å². The Kier molecular flexibility index (Phi) is 5.07. The van der Waals surface area contributed by atoms with Crippen LogP contribution in [0.4, 0.5) is 4.39 Å². The second-order valence-electron chi connectivity index (χ2n) is 5.53. The van der Waals surface area contributed by atoms with Crippen LogP contribution < -0.4 is 5.32 Å². The smallest absolute Gasteiger partial charge is 0.138 e. The molecule has 21 heavy (non-hydrogen) atoms. The van der Waals surface area contributed by atoms with Crippen molar-refractivity contribution in [3.63, 3.8) is 0 Å². The second-order valence-corrected chi connectivity index (χ2v) is 5.53. The molecule has 1 N–H and O–H groups in total. The minimum Gasteiger partial charge on any atom is -0.310 e. The SMILES string of the molecule is CCNC(Cc1ncnn1C(C)C)c1cc(F)ccc1C. The van der Waals surface area contributed by atoms with Gasteiger partial charge in [0.1, 0.15) is 18.0 Å². The van der Waals surface area contributed by atoms with E-state index >= 15 is 0 Å². The Balaban J connectivity index is 2.31. The Morgan fingerprint density at radius 2 is 2.10 bits per heavy atom. The highest BCUT2D eigenvalue weighted by Gasteiger charge is 2.18. The molecule has 0 aliphatic rings. The quantitative estimate of drug-likeness (QED) is 0.888. The summed E-state index contributed by atoms with van der Waals surface area (Å²) in [5, 5.41) is 7.69. The predicted molar refractivity (Wildman–Crippen MR) is 81.7 cm³/mol. The number of likely N-dealkylation sites (N-methyl/N-ethyl adjacent to an activating group) is 1. The molecule has 2 aromatic rings. The first-order valence-electron chi connectivity index (χ1n) is 7.40. The number of nitrogens with one attached hydrogen (secondary N) is 1. The molecule has 0 fully saturated rings. The van der Waals surface area contributed by atoms with Gasteiger partial charge in [-0.25, -0.2) is 14.1 Å². The zero-order valence-corrected chi connectivity index (χ0v) is 13.1. The third-order valence-electron chi connectivity index (χ3n) is 3.59. The average molecular weight is 290 g/mol. The second kappa shape index (κ2) is 6.80. The first-order valence-corrected chi connectivity index (χ1v) is 7.40. The lowest BCUT2D eigenvalue weighted by atomic mass is 9.98. The Morgan fingerprint density at radius 3 is 2.76 bits per heavy atom. The van der Waals surface area contributed by atoms with E-state index in [0.29, 0.717) is 6.42 Å². The molecule has 0 bridgehead atoms. The summed E-state index contributed by atoms with van der Waals surface area (Å²) in [5.74, 6) is 0.712. The summed E-state index contributed by atoms with van der Waals surface area (Å²) in [5.41, 5.74) is 2.06. The van der Waals surface area contributed by atoms with Crippen molar-refractivity contribution in [1.29, 1.82) is 0 Å². The lowest BCUT2D eigenvalue weighted by Crippen LogP contribution is -2.25. The van der Waals surface area contributed by atoms with Gasteiger partial charge in [-0.05, 0) is 50.6 Å². The molecule has 0 amide bonds. The fraction of sp³-hybridized carbons (Fsp3) is 0.500. The fourth-order valence-electron chi connectivity index (χ4n) is 2.56. The Bertz CT molecular complexity index is 592. The van der Waals surface area contributed by atoms with Crippen molar-refractivity contribution in [3.05, 3.63) is 47.3 Å². The first-order chi connectivity index (χ1) is 10.0. The average Bonchev–Trinajstić information content (AvgIpc) is 2.89. The molecular formula is C16H23FN4. The highest BCUT2D eigenvalue weighted by molar-refractivity contribution is 5.30. The van der Waals surface area contributed by atoms with Gasteiger partial charge in [-0.1, -0.05) is 13.0 Å². The van der Waals surface area contributed by atoms with Gasteiger partial charge in [0.15, 0.2) is 0 Å². The maximum Gasteiger partial charge on any atom is 0.138 e. The molecule has 2 rings (SSSR count). The molecule has 4 nitrogen and oxygen atoms in total. The summed E-state index contributed by atoms with van der Waals surface area (Å²) < 4.78 is 15.5. The maximum absolute atomic E-state index is 13.6. The molecule has 1 atom stereocenters. The number of rotatable bonds is 6. The van der Waals surface area contributed by atoms with E-state index in [-0.39, 0.29) is 17.9 Å². The van der Waals surface area contributed by atoms with Crippen molar-refractivity contribution >= 4 is 0 Å². The molecule has 114 valence electrons. The van der Waals surface area contributed by atoms with Crippen molar-refractivity contribution in [2.75, 3.05) is 6.54 Å². The van der Waals surface area contributed by atoms with Crippen LogP contribution in [-0.2, 0) is 6.42 Å². The number of benzene rings is 1. The summed E-state index contributed by atoms with van der Waals surface area (Å²) in [7, 11) is 0. The molecule has 5 heteroatoms. The monoisotopic (exact) mass is 290 g/mol. The number of nitrogens with zero attached hydrogens (tertiary/aromatic N) is 3. The van der Waals surface area contributed by atoms with E-state index in [1.807, 2.05) is 17.7 Å². The van der Waals surface area contributed by atoms with Gasteiger partial charge in [-0.3, -0.25) is 0 Å². The first kappa shape index (κ1) is 15.6. The van der Waals surface area contributed by atoms with Crippen LogP contribution in [0, 0.1) is 12.7 Å². The van der Waals surface area contributed by atoms with Crippen molar-refractivity contribution in [1.82, 2.24) is 20.1 Å². The third-order valence-corrected chi connectivity index (χ3v) is 3.59. The third kappa shape index (κ3) is 3.67. The molecule has 0 aliphatic carbocycles. The van der Waals surface area contributed by atoms with Gasteiger partial charge in [0.25, 0.3) is 0 Å². The molecule has 1 unspecified atom stereocenters. The van der Waals surface area contributed by atoms with Crippen LogP contribution in [0.1, 0.15) is 49.8 Å². The van der Waals surface area contributed by atoms with Gasteiger partial charge >= 0.3 is 0 Å². The summed E-state index contributed by atoms with van der Waals surface area (Å²) >= 11 is 0. The van der Waals surface area contributed by atoms with Gasteiger partial charge in [-0.15, -0.1) is 0 Å². The summed E-state index contributed by atoms with van der Waals surface area (Å²) in [6.07, 6.45) is 2.27. The lowest BCUT2D eigenvalue weighted by molar-refractivity contribution is 0.466. The van der Waals surface area contributed by atoms with E-state index in [0.717, 1.165) is 23.5 Å². The molecule has 1 aromatic carbocycles. The normalized spacial score (nSPS) is 12.9. The van der Waals surface area contributed by atoms with Gasteiger partial charge in [0, 0.05) is 18.5 Å². The van der Waals surface area contributed by atoms with E-state index in [1.165, 1.54) is 6.07 Å². The molecule has 1 aromatic heterocycles. The van der Waals surface area contributed by atoms with Crippen molar-refractivity contribution in [2.24, 2.45) is 0 Å². The van der Waals surface area contributed by atoms with E-state index in [1.54, 1.807) is 12.4 Å². The van der Waals surface area contributed by atoms with E-state index in [9.17, 15) is 4.39 Å². The predicted octanol–water partition coefficient (Wildman–Crippen LogP) is 3.20. The Labute approximate surface area is 125 Å². The van der Waals surface area contributed by atoms with Crippen LogP contribution in [0.15, 0.2) is 24.5 Å². The molecule has 0 radical (unpaired) electrons. The van der Waals surface area contributed by atoms with Gasteiger partial charge in [0.2, 0.25) is 0 Å². The number of halogens is 1. The summed E-state index contributed by atoms with van der Waals surface area (Å²) in [4.78, 5) is 4.36. The van der Waals surface area contributed by atoms with Crippen LogP contribution in [-0.4, -0.2) is 21.3 Å². The van der Waals surface area contributed by atoms with Crippen LogP contribution in [0.5, 0.6) is 0 Å². The minimum absolute atomic E-state index is 0.0346. The number of hydrogen-bond acceptors (Lipinski definition) is 3. The maximum atomic E-state index is 13.6. The van der Waals surface area contributed by atoms with Crippen molar-refractivity contribution in [3.8, 4) is 0 Å². The molecular weight excluding hydrogens is 267 g/mol. The zero-order chi connectivity index (χ0) is 15.4. The number of hydrogen-bond donors (Lipinski definition) is 1. The van der Waals surface area contributed by atoms with Crippen LogP contribution in [0.2, 0.25) is 0 Å². The van der Waals surface area contributed by atoms with Crippen LogP contribution >= 0.6 is 0 Å². The standard InChI is InChI=1S/C16H23FN4/c1-5-18-15(14-8-13(17)7-6-12(14)4)9-16-19-10-20-21(16)11(2)3/h6-8,10-11,15,18H,5,9H2,1-4H3. The largest absolute Gasteiger partial charge is 0.310 e. The van der Waals surface area contributed by atoms with Crippen LogP contribution in [0.25, 0.3) is 0 Å². The molecule has 0 saturated heterocycles. The van der Waals surface area contributed by atoms with Gasteiger partial charge in [-0.2, -0.15) is 5.10 Å². The van der Waals surface area contributed by atoms with Gasteiger partial charge in [0.05, 0.1) is 0 Å². The minimum atomic E-state index is -0.205. The number of aromatic nitrogens is 3. The number of aryl methyl sites for hydroxylation is 1. The highest BCUT2D eigenvalue weighted by atomic mass is 19.1. The molecule has 0 spiro atoms. The zero-order valence-electron chi connectivity index (χ0n) is 13.1. The topological polar surface area (TPSA) is 42.7 Å². The summed E-state index contributed by atoms with van der Waals surface area (Å²) in [6, 6.07) is 5.23. The fourth-order valence-corrected chi connectivity index (χ4v) is 2.56. The lowest BCUT2D eigenvalue weighted by Gasteiger charge is -2.21. The molecule has 0 saturated carbocycles. The van der Waals surface area contributed by atoms with E-state index in [4.69, 9.17) is 0 Å². The van der Waals surface area contributed by atoms with Crippen molar-refractivity contribution < 1.29 is 4.39 Å².